The molecule has 0 bridgehead atoms. The van der Waals surface area contributed by atoms with Crippen LogP contribution in [-0.2, 0) is 0 Å². The van der Waals surface area contributed by atoms with E-state index in [1.165, 1.54) is 5.56 Å². The molecule has 0 aromatic heterocycles. The molecule has 0 aliphatic carbocycles. The SMILES string of the molecule is C=CCC(CN)c1ccccc1.Cl. The van der Waals surface area contributed by atoms with Gasteiger partial charge in [0.05, 0.1) is 0 Å². The van der Waals surface area contributed by atoms with Gasteiger partial charge in [-0.15, -0.1) is 19.0 Å². The molecule has 1 nitrogen and oxygen atoms in total. The van der Waals surface area contributed by atoms with Gasteiger partial charge in [0.1, 0.15) is 0 Å². The van der Waals surface area contributed by atoms with Crippen LogP contribution in [0.15, 0.2) is 43.0 Å². The van der Waals surface area contributed by atoms with Crippen LogP contribution in [0.4, 0.5) is 0 Å². The monoisotopic (exact) mass is 197 g/mol. The van der Waals surface area contributed by atoms with Crippen LogP contribution in [0.25, 0.3) is 0 Å². The highest BCUT2D eigenvalue weighted by Crippen LogP contribution is 2.17. The van der Waals surface area contributed by atoms with Crippen LogP contribution < -0.4 is 5.73 Å². The van der Waals surface area contributed by atoms with Gasteiger partial charge in [-0.1, -0.05) is 36.4 Å². The summed E-state index contributed by atoms with van der Waals surface area (Å²) in [6.45, 7) is 4.41. The first-order valence-corrected chi connectivity index (χ1v) is 4.24. The van der Waals surface area contributed by atoms with E-state index in [0.29, 0.717) is 12.5 Å². The quantitative estimate of drug-likeness (QED) is 0.739. The second-order valence-corrected chi connectivity index (χ2v) is 2.87. The van der Waals surface area contributed by atoms with Crippen LogP contribution in [0.5, 0.6) is 0 Å². The number of benzene rings is 1. The fraction of sp³-hybridized carbons (Fsp3) is 0.273. The molecule has 0 saturated carbocycles. The molecule has 1 rings (SSSR count). The maximum absolute atomic E-state index is 5.64. The lowest BCUT2D eigenvalue weighted by Crippen LogP contribution is -2.11. The van der Waals surface area contributed by atoms with Crippen molar-refractivity contribution in [3.63, 3.8) is 0 Å². The van der Waals surface area contributed by atoms with Crippen molar-refractivity contribution >= 4 is 12.4 Å². The van der Waals surface area contributed by atoms with Gasteiger partial charge in [0, 0.05) is 0 Å². The van der Waals surface area contributed by atoms with Crippen LogP contribution in [0.1, 0.15) is 17.9 Å². The summed E-state index contributed by atoms with van der Waals surface area (Å²) in [5, 5.41) is 0. The van der Waals surface area contributed by atoms with Crippen molar-refractivity contribution in [3.05, 3.63) is 48.6 Å². The average Bonchev–Trinajstić information content (AvgIpc) is 2.15. The number of halogens is 1. The zero-order valence-corrected chi connectivity index (χ0v) is 8.46. The van der Waals surface area contributed by atoms with E-state index in [1.54, 1.807) is 0 Å². The summed E-state index contributed by atoms with van der Waals surface area (Å²) < 4.78 is 0. The van der Waals surface area contributed by atoms with Crippen molar-refractivity contribution in [1.29, 1.82) is 0 Å². The van der Waals surface area contributed by atoms with Gasteiger partial charge in [0.15, 0.2) is 0 Å². The summed E-state index contributed by atoms with van der Waals surface area (Å²) in [4.78, 5) is 0. The van der Waals surface area contributed by atoms with Crippen LogP contribution in [0, 0.1) is 0 Å². The van der Waals surface area contributed by atoms with Crippen LogP contribution in [0.3, 0.4) is 0 Å². The summed E-state index contributed by atoms with van der Waals surface area (Å²) in [5.74, 6) is 0.434. The molecule has 0 aliphatic rings. The molecule has 0 aliphatic heterocycles. The van der Waals surface area contributed by atoms with Crippen LogP contribution in [-0.4, -0.2) is 6.54 Å². The van der Waals surface area contributed by atoms with Gasteiger partial charge in [-0.05, 0) is 24.4 Å². The Bertz CT molecular complexity index is 233. The van der Waals surface area contributed by atoms with Crippen molar-refractivity contribution in [2.45, 2.75) is 12.3 Å². The van der Waals surface area contributed by atoms with Gasteiger partial charge in [-0.3, -0.25) is 0 Å². The predicted molar refractivity (Wildman–Crippen MR) is 60.3 cm³/mol. The molecule has 1 unspecified atom stereocenters. The minimum atomic E-state index is 0. The molecule has 2 N–H and O–H groups in total. The van der Waals surface area contributed by atoms with E-state index in [-0.39, 0.29) is 12.4 Å². The summed E-state index contributed by atoms with van der Waals surface area (Å²) in [7, 11) is 0. The first kappa shape index (κ1) is 12.2. The first-order chi connectivity index (χ1) is 5.88. The smallest absolute Gasteiger partial charge is 0.000443 e. The summed E-state index contributed by atoms with van der Waals surface area (Å²) in [6.07, 6.45) is 2.88. The average molecular weight is 198 g/mol. The van der Waals surface area contributed by atoms with Crippen molar-refractivity contribution < 1.29 is 0 Å². The van der Waals surface area contributed by atoms with E-state index in [0.717, 1.165) is 6.42 Å². The Morgan fingerprint density at radius 2 is 1.92 bits per heavy atom. The molecule has 13 heavy (non-hydrogen) atoms. The van der Waals surface area contributed by atoms with Crippen molar-refractivity contribution in [2.75, 3.05) is 6.54 Å². The Morgan fingerprint density at radius 3 is 2.38 bits per heavy atom. The third-order valence-electron chi connectivity index (χ3n) is 2.01. The fourth-order valence-electron chi connectivity index (χ4n) is 1.29. The Balaban J connectivity index is 0.00000144. The molecule has 0 saturated heterocycles. The molecule has 0 spiro atoms. The number of rotatable bonds is 4. The topological polar surface area (TPSA) is 26.0 Å². The molecule has 0 heterocycles. The standard InChI is InChI=1S/C11H15N.ClH/c1-2-6-11(9-12)10-7-4-3-5-8-10;/h2-5,7-8,11H,1,6,9,12H2;1H. The molecule has 0 radical (unpaired) electrons. The minimum absolute atomic E-state index is 0. The molecule has 1 atom stereocenters. The van der Waals surface area contributed by atoms with E-state index >= 15 is 0 Å². The highest BCUT2D eigenvalue weighted by Gasteiger charge is 2.05. The van der Waals surface area contributed by atoms with E-state index < -0.39 is 0 Å². The van der Waals surface area contributed by atoms with E-state index in [4.69, 9.17) is 5.73 Å². The second kappa shape index (κ2) is 6.70. The van der Waals surface area contributed by atoms with Gasteiger partial charge in [-0.2, -0.15) is 0 Å². The maximum Gasteiger partial charge on any atom is -0.000443 e. The van der Waals surface area contributed by atoms with Gasteiger partial charge in [-0.25, -0.2) is 0 Å². The van der Waals surface area contributed by atoms with Crippen LogP contribution in [0.2, 0.25) is 0 Å². The zero-order chi connectivity index (χ0) is 8.81. The molecular weight excluding hydrogens is 182 g/mol. The number of hydrogen-bond acceptors (Lipinski definition) is 1. The molecule has 72 valence electrons. The van der Waals surface area contributed by atoms with Crippen molar-refractivity contribution in [1.82, 2.24) is 0 Å². The minimum Gasteiger partial charge on any atom is -0.330 e. The lowest BCUT2D eigenvalue weighted by atomic mass is 9.96. The summed E-state index contributed by atoms with van der Waals surface area (Å²) >= 11 is 0. The van der Waals surface area contributed by atoms with Gasteiger partial charge < -0.3 is 5.73 Å². The van der Waals surface area contributed by atoms with Crippen molar-refractivity contribution in [3.8, 4) is 0 Å². The number of allylic oxidation sites excluding steroid dienone is 1. The molecular formula is C11H16ClN. The lowest BCUT2D eigenvalue weighted by molar-refractivity contribution is 0.711. The Kier molecular flexibility index (Phi) is 6.29. The van der Waals surface area contributed by atoms with Crippen LogP contribution >= 0.6 is 12.4 Å². The maximum atomic E-state index is 5.64. The van der Waals surface area contributed by atoms with Gasteiger partial charge in [0.2, 0.25) is 0 Å². The Hall–Kier alpha value is -0.790. The largest absolute Gasteiger partial charge is 0.330 e. The molecule has 2 heteroatoms. The highest BCUT2D eigenvalue weighted by molar-refractivity contribution is 5.85. The Morgan fingerprint density at radius 1 is 1.31 bits per heavy atom. The van der Waals surface area contributed by atoms with Gasteiger partial charge >= 0.3 is 0 Å². The normalized spacial score (nSPS) is 11.5. The van der Waals surface area contributed by atoms with Gasteiger partial charge in [0.25, 0.3) is 0 Å². The number of hydrogen-bond donors (Lipinski definition) is 1. The first-order valence-electron chi connectivity index (χ1n) is 4.24. The highest BCUT2D eigenvalue weighted by atomic mass is 35.5. The zero-order valence-electron chi connectivity index (χ0n) is 7.65. The van der Waals surface area contributed by atoms with E-state index in [1.807, 2.05) is 24.3 Å². The molecule has 0 fully saturated rings. The molecule has 1 aromatic carbocycles. The molecule has 0 amide bonds. The van der Waals surface area contributed by atoms with Crippen molar-refractivity contribution in [2.24, 2.45) is 5.73 Å². The Labute approximate surface area is 86.1 Å². The molecule has 1 aromatic rings. The number of nitrogens with two attached hydrogens (primary N) is 1. The van der Waals surface area contributed by atoms with E-state index in [2.05, 4.69) is 18.7 Å². The third kappa shape index (κ3) is 3.62. The predicted octanol–water partition coefficient (Wildman–Crippen LogP) is 2.73. The second-order valence-electron chi connectivity index (χ2n) is 2.87. The summed E-state index contributed by atoms with van der Waals surface area (Å²) in [5.41, 5.74) is 6.95. The third-order valence-corrected chi connectivity index (χ3v) is 2.01. The van der Waals surface area contributed by atoms with E-state index in [9.17, 15) is 0 Å². The fourth-order valence-corrected chi connectivity index (χ4v) is 1.29. The summed E-state index contributed by atoms with van der Waals surface area (Å²) in [6, 6.07) is 10.3. The lowest BCUT2D eigenvalue weighted by Gasteiger charge is -2.11.